The Labute approximate surface area is 159 Å². The average Bonchev–Trinajstić information content (AvgIpc) is 2.65. The molecule has 1 heterocycles. The summed E-state index contributed by atoms with van der Waals surface area (Å²) in [5.41, 5.74) is 2.41. The standard InChI is InChI=1S/C23H37NO2/c1-2-3-4-5-6-7-8-9-11-19-13-15-20(16-14-19)18-22(26)23-21(25)12-10-17-24-23/h13-16,21,23-25H,2-12,17-18H2,1H3/t21-,23+/m1/s1. The number of aryl methyl sites for hydroxylation is 1. The number of carbonyl (C=O) groups is 1. The molecule has 0 aliphatic carbocycles. The molecule has 0 aromatic heterocycles. The van der Waals surface area contributed by atoms with E-state index < -0.39 is 6.10 Å². The number of rotatable bonds is 12. The Morgan fingerprint density at radius 1 is 1.00 bits per heavy atom. The Morgan fingerprint density at radius 3 is 2.27 bits per heavy atom. The molecule has 0 unspecified atom stereocenters. The summed E-state index contributed by atoms with van der Waals surface area (Å²) in [4.78, 5) is 12.4. The van der Waals surface area contributed by atoms with E-state index in [9.17, 15) is 9.90 Å². The van der Waals surface area contributed by atoms with E-state index >= 15 is 0 Å². The minimum absolute atomic E-state index is 0.105. The molecule has 1 fully saturated rings. The molecule has 0 bridgehead atoms. The fraction of sp³-hybridized carbons (Fsp3) is 0.696. The van der Waals surface area contributed by atoms with Gasteiger partial charge in [0.1, 0.15) is 0 Å². The van der Waals surface area contributed by atoms with Gasteiger partial charge in [-0.25, -0.2) is 0 Å². The quantitative estimate of drug-likeness (QED) is 0.537. The summed E-state index contributed by atoms with van der Waals surface area (Å²) in [6.07, 6.45) is 13.5. The minimum Gasteiger partial charge on any atom is -0.391 e. The van der Waals surface area contributed by atoms with Gasteiger partial charge in [-0.05, 0) is 43.4 Å². The molecule has 1 aliphatic heterocycles. The predicted octanol–water partition coefficient (Wildman–Crippen LogP) is 4.59. The van der Waals surface area contributed by atoms with Gasteiger partial charge in [-0.3, -0.25) is 4.79 Å². The van der Waals surface area contributed by atoms with Gasteiger partial charge in [0.05, 0.1) is 12.1 Å². The molecule has 146 valence electrons. The average molecular weight is 360 g/mol. The largest absolute Gasteiger partial charge is 0.391 e. The minimum atomic E-state index is -0.530. The lowest BCUT2D eigenvalue weighted by Gasteiger charge is -2.27. The van der Waals surface area contributed by atoms with Gasteiger partial charge < -0.3 is 10.4 Å². The molecule has 2 N–H and O–H groups in total. The van der Waals surface area contributed by atoms with Gasteiger partial charge in [-0.1, -0.05) is 76.1 Å². The highest BCUT2D eigenvalue weighted by Gasteiger charge is 2.28. The maximum atomic E-state index is 12.4. The molecule has 1 aromatic rings. The van der Waals surface area contributed by atoms with Crippen LogP contribution in [0.5, 0.6) is 0 Å². The zero-order valence-electron chi connectivity index (χ0n) is 16.5. The van der Waals surface area contributed by atoms with Gasteiger partial charge in [-0.2, -0.15) is 0 Å². The molecular formula is C23H37NO2. The number of piperidine rings is 1. The number of benzene rings is 1. The van der Waals surface area contributed by atoms with Crippen LogP contribution in [0.4, 0.5) is 0 Å². The van der Waals surface area contributed by atoms with Crippen LogP contribution in [-0.2, 0) is 17.6 Å². The number of unbranched alkanes of at least 4 members (excludes halogenated alkanes) is 7. The summed E-state index contributed by atoms with van der Waals surface area (Å²) >= 11 is 0. The van der Waals surface area contributed by atoms with Gasteiger partial charge >= 0.3 is 0 Å². The Hall–Kier alpha value is -1.19. The van der Waals surface area contributed by atoms with Crippen molar-refractivity contribution in [1.82, 2.24) is 5.32 Å². The van der Waals surface area contributed by atoms with E-state index in [-0.39, 0.29) is 11.8 Å². The summed E-state index contributed by atoms with van der Waals surface area (Å²) in [6, 6.07) is 8.09. The van der Waals surface area contributed by atoms with Crippen molar-refractivity contribution in [3.05, 3.63) is 35.4 Å². The molecule has 0 spiro atoms. The zero-order valence-corrected chi connectivity index (χ0v) is 16.5. The highest BCUT2D eigenvalue weighted by Crippen LogP contribution is 2.15. The van der Waals surface area contributed by atoms with Crippen LogP contribution >= 0.6 is 0 Å². The maximum absolute atomic E-state index is 12.4. The lowest BCUT2D eigenvalue weighted by molar-refractivity contribution is -0.123. The van der Waals surface area contributed by atoms with Crippen LogP contribution in [0.2, 0.25) is 0 Å². The monoisotopic (exact) mass is 359 g/mol. The van der Waals surface area contributed by atoms with E-state index in [0.29, 0.717) is 6.42 Å². The first-order valence-electron chi connectivity index (χ1n) is 10.7. The molecule has 0 radical (unpaired) electrons. The second-order valence-electron chi connectivity index (χ2n) is 7.83. The fourth-order valence-corrected chi connectivity index (χ4v) is 3.80. The van der Waals surface area contributed by atoms with E-state index in [1.54, 1.807) is 0 Å². The number of carbonyl (C=O) groups excluding carboxylic acids is 1. The van der Waals surface area contributed by atoms with Crippen LogP contribution in [0.15, 0.2) is 24.3 Å². The van der Waals surface area contributed by atoms with Crippen LogP contribution < -0.4 is 5.32 Å². The zero-order chi connectivity index (χ0) is 18.6. The summed E-state index contributed by atoms with van der Waals surface area (Å²) in [6.45, 7) is 3.09. The predicted molar refractivity (Wildman–Crippen MR) is 108 cm³/mol. The third-order valence-corrected chi connectivity index (χ3v) is 5.49. The number of Topliss-reactive ketones (excluding diaryl/α,β-unsaturated/α-hetero) is 1. The molecule has 2 atom stereocenters. The van der Waals surface area contributed by atoms with Crippen molar-refractivity contribution in [2.24, 2.45) is 0 Å². The molecular weight excluding hydrogens is 322 g/mol. The Bertz CT molecular complexity index is 511. The first-order chi connectivity index (χ1) is 12.7. The number of aliphatic hydroxyl groups excluding tert-OH is 1. The van der Waals surface area contributed by atoms with Gasteiger partial charge in [0.25, 0.3) is 0 Å². The smallest absolute Gasteiger partial charge is 0.156 e. The molecule has 0 amide bonds. The van der Waals surface area contributed by atoms with Crippen molar-refractivity contribution in [3.8, 4) is 0 Å². The maximum Gasteiger partial charge on any atom is 0.156 e. The Kier molecular flexibility index (Phi) is 9.94. The summed E-state index contributed by atoms with van der Waals surface area (Å²) in [5.74, 6) is 0.105. The number of hydrogen-bond acceptors (Lipinski definition) is 3. The summed E-state index contributed by atoms with van der Waals surface area (Å²) < 4.78 is 0. The summed E-state index contributed by atoms with van der Waals surface area (Å²) in [5, 5.41) is 13.1. The number of hydrogen-bond donors (Lipinski definition) is 2. The van der Waals surface area contributed by atoms with Crippen LogP contribution in [0, 0.1) is 0 Å². The second-order valence-corrected chi connectivity index (χ2v) is 7.83. The third-order valence-electron chi connectivity index (χ3n) is 5.49. The van der Waals surface area contributed by atoms with E-state index in [1.165, 1.54) is 56.9 Å². The lowest BCUT2D eigenvalue weighted by atomic mass is 9.93. The van der Waals surface area contributed by atoms with Gasteiger partial charge in [0, 0.05) is 6.42 Å². The highest BCUT2D eigenvalue weighted by atomic mass is 16.3. The van der Waals surface area contributed by atoms with Crippen molar-refractivity contribution in [2.75, 3.05) is 6.54 Å². The van der Waals surface area contributed by atoms with Gasteiger partial charge in [-0.15, -0.1) is 0 Å². The SMILES string of the molecule is CCCCCCCCCCc1ccc(CC(=O)[C@H]2NCCC[C@H]2O)cc1. The summed E-state index contributed by atoms with van der Waals surface area (Å²) in [7, 11) is 0. The van der Waals surface area contributed by atoms with Crippen LogP contribution in [0.3, 0.4) is 0 Å². The molecule has 1 aromatic carbocycles. The molecule has 1 aliphatic rings. The topological polar surface area (TPSA) is 49.3 Å². The van der Waals surface area contributed by atoms with Crippen LogP contribution in [0.1, 0.15) is 82.3 Å². The van der Waals surface area contributed by atoms with Crippen molar-refractivity contribution >= 4 is 5.78 Å². The molecule has 2 rings (SSSR count). The van der Waals surface area contributed by atoms with Crippen molar-refractivity contribution in [2.45, 2.75) is 96.1 Å². The van der Waals surface area contributed by atoms with Gasteiger partial charge in [0.15, 0.2) is 5.78 Å². The first kappa shape index (κ1) is 21.1. The third kappa shape index (κ3) is 7.59. The molecule has 0 saturated carbocycles. The van der Waals surface area contributed by atoms with E-state index in [4.69, 9.17) is 0 Å². The van der Waals surface area contributed by atoms with E-state index in [0.717, 1.165) is 31.4 Å². The number of ketones is 1. The van der Waals surface area contributed by atoms with Crippen molar-refractivity contribution in [1.29, 1.82) is 0 Å². The highest BCUT2D eigenvalue weighted by molar-refractivity contribution is 5.86. The van der Waals surface area contributed by atoms with Crippen molar-refractivity contribution in [3.63, 3.8) is 0 Å². The number of aliphatic hydroxyl groups is 1. The Balaban J connectivity index is 1.64. The van der Waals surface area contributed by atoms with Crippen molar-refractivity contribution < 1.29 is 9.90 Å². The van der Waals surface area contributed by atoms with E-state index in [1.807, 2.05) is 0 Å². The first-order valence-corrected chi connectivity index (χ1v) is 10.7. The van der Waals surface area contributed by atoms with Crippen LogP contribution in [0.25, 0.3) is 0 Å². The molecule has 1 saturated heterocycles. The van der Waals surface area contributed by atoms with Crippen LogP contribution in [-0.4, -0.2) is 29.6 Å². The second kappa shape index (κ2) is 12.2. The van der Waals surface area contributed by atoms with E-state index in [2.05, 4.69) is 36.5 Å². The normalized spacial score (nSPS) is 20.2. The molecule has 26 heavy (non-hydrogen) atoms. The van der Waals surface area contributed by atoms with Gasteiger partial charge in [0.2, 0.25) is 0 Å². The lowest BCUT2D eigenvalue weighted by Crippen LogP contribution is -2.50. The number of nitrogens with one attached hydrogen (secondary N) is 1. The fourth-order valence-electron chi connectivity index (χ4n) is 3.80. The Morgan fingerprint density at radius 2 is 1.62 bits per heavy atom. The molecule has 3 heteroatoms. The molecule has 3 nitrogen and oxygen atoms in total.